The number of hydrogen-bond donors (Lipinski definition) is 9. The van der Waals surface area contributed by atoms with Gasteiger partial charge in [-0.05, 0) is 27.7 Å². The summed E-state index contributed by atoms with van der Waals surface area (Å²) in [7, 11) is 0. The van der Waals surface area contributed by atoms with E-state index >= 15 is 0 Å². The molecule has 0 aromatic carbocycles. The third-order valence-electron chi connectivity index (χ3n) is 3.01. The lowest BCUT2D eigenvalue weighted by atomic mass is 10.0. The number of aliphatic hydroxyl groups is 8. The van der Waals surface area contributed by atoms with Crippen molar-refractivity contribution in [1.82, 2.24) is 0 Å². The normalized spacial score (nSPS) is 16.7. The first kappa shape index (κ1) is 35.6. The second-order valence-corrected chi connectivity index (χ2v) is 5.99. The van der Waals surface area contributed by atoms with Gasteiger partial charge in [-0.2, -0.15) is 0 Å². The summed E-state index contributed by atoms with van der Waals surface area (Å²) in [6.07, 6.45) is -8.81. The van der Waals surface area contributed by atoms with E-state index in [0.29, 0.717) is 0 Å². The number of carbonyl (C=O) groups excluding carboxylic acids is 3. The summed E-state index contributed by atoms with van der Waals surface area (Å²) < 4.78 is 0. The SMILES string of the molecule is CC(=O)C(=O)O.CC(=O)C(C)O.CC(O)C(C)O.O=CC(O)C(O)C(O)C(O)CO. The minimum absolute atomic E-state index is 0.0258. The third kappa shape index (κ3) is 24.2. The Kier molecular flexibility index (Phi) is 24.2. The van der Waals surface area contributed by atoms with E-state index in [1.165, 1.54) is 13.8 Å². The molecule has 0 heterocycles. The average Bonchev–Trinajstić information content (AvgIpc) is 2.66. The molecule has 0 fully saturated rings. The van der Waals surface area contributed by atoms with Crippen LogP contribution in [-0.4, -0.2) is 119 Å². The zero-order chi connectivity index (χ0) is 25.2. The van der Waals surface area contributed by atoms with Gasteiger partial charge in [0.15, 0.2) is 12.1 Å². The van der Waals surface area contributed by atoms with Crippen molar-refractivity contribution in [3.05, 3.63) is 0 Å². The number of hydrogen-bond acceptors (Lipinski definition) is 12. The molecule has 0 saturated heterocycles. The molecular weight excluding hydrogens is 412 g/mol. The van der Waals surface area contributed by atoms with E-state index in [-0.39, 0.29) is 12.1 Å². The van der Waals surface area contributed by atoms with E-state index < -0.39 is 61.1 Å². The lowest BCUT2D eigenvalue weighted by Crippen LogP contribution is -2.46. The topological polar surface area (TPSA) is 250 Å². The predicted octanol–water partition coefficient (Wildman–Crippen LogP) is -4.01. The highest BCUT2D eigenvalue weighted by atomic mass is 16.4. The van der Waals surface area contributed by atoms with Crippen molar-refractivity contribution in [2.45, 2.75) is 77.3 Å². The lowest BCUT2D eigenvalue weighted by Gasteiger charge is -2.22. The summed E-state index contributed by atoms with van der Waals surface area (Å²) in [5.41, 5.74) is 0. The minimum Gasteiger partial charge on any atom is -0.476 e. The molecule has 0 saturated carbocycles. The number of aliphatic carboxylic acids is 1. The Labute approximate surface area is 173 Å². The predicted molar refractivity (Wildman–Crippen MR) is 101 cm³/mol. The number of carboxylic acid groups (broad SMARTS) is 1. The van der Waals surface area contributed by atoms with Gasteiger partial charge in [-0.1, -0.05) is 0 Å². The molecule has 0 rings (SSSR count). The maximum absolute atomic E-state index is 9.90. The van der Waals surface area contributed by atoms with Crippen molar-refractivity contribution in [2.75, 3.05) is 6.61 Å². The molecule has 0 aliphatic rings. The van der Waals surface area contributed by atoms with Crippen LogP contribution in [0.3, 0.4) is 0 Å². The third-order valence-corrected chi connectivity index (χ3v) is 3.01. The Bertz CT molecular complexity index is 458. The van der Waals surface area contributed by atoms with Gasteiger partial charge in [0, 0.05) is 6.92 Å². The van der Waals surface area contributed by atoms with Crippen LogP contribution in [0.4, 0.5) is 0 Å². The molecule has 0 aliphatic carbocycles. The second-order valence-electron chi connectivity index (χ2n) is 5.99. The molecule has 0 bridgehead atoms. The van der Waals surface area contributed by atoms with E-state index in [4.69, 9.17) is 46.0 Å². The first-order chi connectivity index (χ1) is 13.5. The van der Waals surface area contributed by atoms with Gasteiger partial charge in [0.1, 0.15) is 30.5 Å². The summed E-state index contributed by atoms with van der Waals surface area (Å²) in [5.74, 6) is -2.39. The summed E-state index contributed by atoms with van der Waals surface area (Å²) >= 11 is 0. The van der Waals surface area contributed by atoms with E-state index in [0.717, 1.165) is 6.92 Å². The zero-order valence-corrected chi connectivity index (χ0v) is 17.5. The Morgan fingerprint density at radius 3 is 1.23 bits per heavy atom. The highest BCUT2D eigenvalue weighted by molar-refractivity contribution is 6.31. The molecule has 0 amide bonds. The summed E-state index contributed by atoms with van der Waals surface area (Å²) in [5, 5.41) is 76.2. The van der Waals surface area contributed by atoms with Crippen LogP contribution < -0.4 is 0 Å². The van der Waals surface area contributed by atoms with Gasteiger partial charge in [-0.15, -0.1) is 0 Å². The van der Waals surface area contributed by atoms with Gasteiger partial charge < -0.3 is 50.8 Å². The summed E-state index contributed by atoms with van der Waals surface area (Å²) in [6.45, 7) is 6.13. The van der Waals surface area contributed by atoms with Crippen LogP contribution in [0.2, 0.25) is 0 Å². The Balaban J connectivity index is -0.000000161. The maximum Gasteiger partial charge on any atom is 0.371 e. The molecule has 7 unspecified atom stereocenters. The van der Waals surface area contributed by atoms with Gasteiger partial charge in [-0.25, -0.2) is 4.79 Å². The highest BCUT2D eigenvalue weighted by Gasteiger charge is 2.29. The number of rotatable bonds is 8. The fourth-order valence-electron chi connectivity index (χ4n) is 0.618. The quantitative estimate of drug-likeness (QED) is 0.127. The van der Waals surface area contributed by atoms with Crippen molar-refractivity contribution < 1.29 is 65.1 Å². The molecule has 0 radical (unpaired) electrons. The van der Waals surface area contributed by atoms with Crippen LogP contribution in [0.1, 0.15) is 34.6 Å². The minimum atomic E-state index is -1.79. The van der Waals surface area contributed by atoms with Crippen molar-refractivity contribution in [3.63, 3.8) is 0 Å². The molecule has 0 aromatic rings. The maximum atomic E-state index is 9.90. The first-order valence-corrected chi connectivity index (χ1v) is 8.54. The monoisotopic (exact) mass is 446 g/mol. The number of carbonyl (C=O) groups is 4. The molecule has 7 atom stereocenters. The van der Waals surface area contributed by atoms with Crippen LogP contribution in [0.5, 0.6) is 0 Å². The second kappa shape index (κ2) is 20.4. The van der Waals surface area contributed by atoms with Crippen LogP contribution in [0, 0.1) is 0 Å². The van der Waals surface area contributed by atoms with E-state index in [9.17, 15) is 19.2 Å². The standard InChI is InChI=1S/C6H12O6.C4H10O2.C4H8O2.C3H4O3/c7-1-3(9)5(11)6(12)4(10)2-8;2*1-3(5)4(2)6;1-2(4)3(5)6/h1,3-6,8-12H,2H2;3-6H,1-2H3;3,5H,1-2H3;1H3,(H,5,6). The van der Waals surface area contributed by atoms with E-state index in [2.05, 4.69) is 0 Å². The zero-order valence-electron chi connectivity index (χ0n) is 17.5. The largest absolute Gasteiger partial charge is 0.476 e. The number of carboxylic acids is 1. The first-order valence-electron chi connectivity index (χ1n) is 8.54. The van der Waals surface area contributed by atoms with Crippen molar-refractivity contribution in [2.24, 2.45) is 0 Å². The fourth-order valence-corrected chi connectivity index (χ4v) is 0.618. The van der Waals surface area contributed by atoms with E-state index in [1.807, 2.05) is 0 Å². The highest BCUT2D eigenvalue weighted by Crippen LogP contribution is 2.02. The van der Waals surface area contributed by atoms with Gasteiger partial charge in [-0.3, -0.25) is 9.59 Å². The molecule has 30 heavy (non-hydrogen) atoms. The fraction of sp³-hybridized carbons (Fsp3) is 0.765. The molecule has 0 aliphatic heterocycles. The van der Waals surface area contributed by atoms with Crippen molar-refractivity contribution in [1.29, 1.82) is 0 Å². The van der Waals surface area contributed by atoms with Crippen LogP contribution in [0.15, 0.2) is 0 Å². The van der Waals surface area contributed by atoms with Crippen molar-refractivity contribution >= 4 is 23.8 Å². The summed E-state index contributed by atoms with van der Waals surface area (Å²) in [4.78, 5) is 38.7. The molecular formula is C17H34O13. The Hall–Kier alpha value is -1.84. The number of aldehydes is 1. The van der Waals surface area contributed by atoms with Gasteiger partial charge in [0.2, 0.25) is 5.78 Å². The number of Topliss-reactive ketones (excluding diaryl/α,β-unsaturated/α-hetero) is 2. The smallest absolute Gasteiger partial charge is 0.371 e. The van der Waals surface area contributed by atoms with Crippen LogP contribution in [0.25, 0.3) is 0 Å². The molecule has 13 heteroatoms. The molecule has 0 aromatic heterocycles. The molecule has 180 valence electrons. The lowest BCUT2D eigenvalue weighted by molar-refractivity contribution is -0.148. The number of ketones is 2. The van der Waals surface area contributed by atoms with Crippen LogP contribution >= 0.6 is 0 Å². The molecule has 0 spiro atoms. The molecule has 13 nitrogen and oxygen atoms in total. The van der Waals surface area contributed by atoms with E-state index in [1.54, 1.807) is 13.8 Å². The van der Waals surface area contributed by atoms with Crippen molar-refractivity contribution in [3.8, 4) is 0 Å². The van der Waals surface area contributed by atoms with Crippen LogP contribution in [-0.2, 0) is 19.2 Å². The van der Waals surface area contributed by atoms with Gasteiger partial charge >= 0.3 is 5.97 Å². The Morgan fingerprint density at radius 2 is 1.10 bits per heavy atom. The Morgan fingerprint density at radius 1 is 0.800 bits per heavy atom. The van der Waals surface area contributed by atoms with Gasteiger partial charge in [0.05, 0.1) is 18.8 Å². The molecule has 9 N–H and O–H groups in total. The average molecular weight is 446 g/mol. The summed E-state index contributed by atoms with van der Waals surface area (Å²) in [6, 6.07) is 0. The van der Waals surface area contributed by atoms with Gasteiger partial charge in [0.25, 0.3) is 0 Å². The number of aliphatic hydroxyl groups excluding tert-OH is 8.